The molecule has 5 heteroatoms. The van der Waals surface area contributed by atoms with Gasteiger partial charge in [0.2, 0.25) is 0 Å². The average molecular weight is 365 g/mol. The van der Waals surface area contributed by atoms with E-state index < -0.39 is 0 Å². The first-order valence-corrected chi connectivity index (χ1v) is 9.46. The highest BCUT2D eigenvalue weighted by Gasteiger charge is 2.19. The molecule has 3 rings (SSSR count). The van der Waals surface area contributed by atoms with Crippen molar-refractivity contribution >= 4 is 12.0 Å². The number of carbonyl (C=O) groups is 1. The van der Waals surface area contributed by atoms with Crippen molar-refractivity contribution in [3.63, 3.8) is 0 Å². The zero-order valence-corrected chi connectivity index (χ0v) is 15.8. The van der Waals surface area contributed by atoms with E-state index in [2.05, 4.69) is 33.4 Å². The van der Waals surface area contributed by atoms with E-state index in [0.717, 1.165) is 43.8 Å². The van der Waals surface area contributed by atoms with Gasteiger partial charge in [-0.25, -0.2) is 0 Å². The number of nitrogens with one attached hydrogen (secondary N) is 1. The Morgan fingerprint density at radius 3 is 3.04 bits per heavy atom. The Bertz CT molecular complexity index is 761. The van der Waals surface area contributed by atoms with Crippen molar-refractivity contribution in [1.29, 1.82) is 0 Å². The maximum Gasteiger partial charge on any atom is 0.252 e. The number of hydrogen-bond donors (Lipinski definition) is 1. The quantitative estimate of drug-likeness (QED) is 0.818. The van der Waals surface area contributed by atoms with Crippen molar-refractivity contribution in [1.82, 2.24) is 15.2 Å². The van der Waals surface area contributed by atoms with Gasteiger partial charge in [0.25, 0.3) is 5.91 Å². The molecule has 0 bridgehead atoms. The van der Waals surface area contributed by atoms with Crippen LogP contribution in [0, 0.1) is 5.92 Å². The standard InChI is InChI=1S/C22H27N3O2/c1-27-21-11-3-2-8-19(21)10-6-14-25-13-5-7-18(17-25)15-24-22(26)20-9-4-12-23-16-20/h2-4,6,8-12,16,18H,5,7,13-15,17H2,1H3,(H,24,26)/b10-6+. The molecule has 2 aromatic rings. The summed E-state index contributed by atoms with van der Waals surface area (Å²) in [6.45, 7) is 3.72. The average Bonchev–Trinajstić information content (AvgIpc) is 2.73. The molecule has 1 saturated heterocycles. The summed E-state index contributed by atoms with van der Waals surface area (Å²) in [5, 5.41) is 3.05. The van der Waals surface area contributed by atoms with Gasteiger partial charge in [-0.15, -0.1) is 0 Å². The Kier molecular flexibility index (Phi) is 6.99. The SMILES string of the molecule is COc1ccccc1/C=C/CN1CCCC(CNC(=O)c2cccnc2)C1. The second-order valence-corrected chi connectivity index (χ2v) is 6.86. The Morgan fingerprint density at radius 2 is 2.22 bits per heavy atom. The summed E-state index contributed by atoms with van der Waals surface area (Å²) in [5.74, 6) is 1.33. The van der Waals surface area contributed by atoms with Gasteiger partial charge >= 0.3 is 0 Å². The van der Waals surface area contributed by atoms with Crippen LogP contribution in [0.15, 0.2) is 54.9 Å². The molecule has 1 fully saturated rings. The van der Waals surface area contributed by atoms with Crippen LogP contribution in [0.5, 0.6) is 5.75 Å². The molecule has 1 N–H and O–H groups in total. The molecule has 0 saturated carbocycles. The number of para-hydroxylation sites is 1. The Labute approximate surface area is 161 Å². The van der Waals surface area contributed by atoms with Gasteiger partial charge in [-0.2, -0.15) is 0 Å². The predicted molar refractivity (Wildman–Crippen MR) is 108 cm³/mol. The number of likely N-dealkylation sites (tertiary alicyclic amines) is 1. The fourth-order valence-electron chi connectivity index (χ4n) is 3.45. The third kappa shape index (κ3) is 5.66. The fraction of sp³-hybridized carbons (Fsp3) is 0.364. The molecule has 1 aliphatic heterocycles. The number of aromatic nitrogens is 1. The Balaban J connectivity index is 1.46. The van der Waals surface area contributed by atoms with Gasteiger partial charge in [-0.3, -0.25) is 14.7 Å². The number of amides is 1. The summed E-state index contributed by atoms with van der Waals surface area (Å²) in [7, 11) is 1.70. The second kappa shape index (κ2) is 9.88. The number of piperidine rings is 1. The monoisotopic (exact) mass is 365 g/mol. The minimum absolute atomic E-state index is 0.0451. The van der Waals surface area contributed by atoms with Gasteiger partial charge < -0.3 is 10.1 Å². The normalized spacial score (nSPS) is 17.7. The highest BCUT2D eigenvalue weighted by molar-refractivity contribution is 5.93. The van der Waals surface area contributed by atoms with Gasteiger partial charge in [0.1, 0.15) is 5.75 Å². The number of carbonyl (C=O) groups excluding carboxylic acids is 1. The van der Waals surface area contributed by atoms with Crippen molar-refractivity contribution < 1.29 is 9.53 Å². The van der Waals surface area contributed by atoms with Crippen LogP contribution in [0.2, 0.25) is 0 Å². The van der Waals surface area contributed by atoms with Crippen molar-refractivity contribution in [2.45, 2.75) is 12.8 Å². The summed E-state index contributed by atoms with van der Waals surface area (Å²) >= 11 is 0. The molecule has 1 aliphatic rings. The molecule has 1 unspecified atom stereocenters. The minimum atomic E-state index is -0.0451. The highest BCUT2D eigenvalue weighted by Crippen LogP contribution is 2.19. The van der Waals surface area contributed by atoms with E-state index in [1.807, 2.05) is 18.2 Å². The molecule has 1 atom stereocenters. The van der Waals surface area contributed by atoms with Crippen LogP contribution in [0.4, 0.5) is 0 Å². The van der Waals surface area contributed by atoms with Gasteiger partial charge in [-0.05, 0) is 43.5 Å². The van der Waals surface area contributed by atoms with Crippen LogP contribution in [0.3, 0.4) is 0 Å². The smallest absolute Gasteiger partial charge is 0.252 e. The molecule has 1 aromatic carbocycles. The van der Waals surface area contributed by atoms with Crippen LogP contribution >= 0.6 is 0 Å². The van der Waals surface area contributed by atoms with E-state index in [0.29, 0.717) is 18.0 Å². The number of benzene rings is 1. The summed E-state index contributed by atoms with van der Waals surface area (Å²) in [6.07, 6.45) is 9.90. The van der Waals surface area contributed by atoms with Crippen LogP contribution in [0.1, 0.15) is 28.8 Å². The molecule has 0 aliphatic carbocycles. The molecule has 2 heterocycles. The lowest BCUT2D eigenvalue weighted by atomic mass is 9.98. The molecule has 0 radical (unpaired) electrons. The van der Waals surface area contributed by atoms with Crippen LogP contribution in [-0.4, -0.2) is 49.1 Å². The number of ether oxygens (including phenoxy) is 1. The van der Waals surface area contributed by atoms with Crippen LogP contribution in [0.25, 0.3) is 6.08 Å². The second-order valence-electron chi connectivity index (χ2n) is 6.86. The molecule has 27 heavy (non-hydrogen) atoms. The van der Waals surface area contributed by atoms with E-state index >= 15 is 0 Å². The summed E-state index contributed by atoms with van der Waals surface area (Å²) in [5.41, 5.74) is 1.71. The first kappa shape index (κ1) is 19.1. The topological polar surface area (TPSA) is 54.5 Å². The van der Waals surface area contributed by atoms with Crippen molar-refractivity contribution in [3.8, 4) is 5.75 Å². The number of methoxy groups -OCH3 is 1. The Hall–Kier alpha value is -2.66. The molecule has 0 spiro atoms. The van der Waals surface area contributed by atoms with E-state index in [4.69, 9.17) is 4.74 Å². The van der Waals surface area contributed by atoms with E-state index in [-0.39, 0.29) is 5.91 Å². The maximum atomic E-state index is 12.2. The van der Waals surface area contributed by atoms with Crippen molar-refractivity contribution in [2.24, 2.45) is 5.92 Å². The number of rotatable bonds is 7. The first-order valence-electron chi connectivity index (χ1n) is 9.46. The molecule has 1 amide bonds. The molecular weight excluding hydrogens is 338 g/mol. The molecule has 5 nitrogen and oxygen atoms in total. The summed E-state index contributed by atoms with van der Waals surface area (Å²) in [4.78, 5) is 18.6. The zero-order valence-electron chi connectivity index (χ0n) is 15.8. The fourth-order valence-corrected chi connectivity index (χ4v) is 3.45. The van der Waals surface area contributed by atoms with Gasteiger partial charge in [0, 0.05) is 37.6 Å². The van der Waals surface area contributed by atoms with Crippen LogP contribution in [-0.2, 0) is 0 Å². The van der Waals surface area contributed by atoms with Crippen molar-refractivity contribution in [3.05, 3.63) is 66.0 Å². The minimum Gasteiger partial charge on any atom is -0.496 e. The third-order valence-electron chi connectivity index (χ3n) is 4.88. The van der Waals surface area contributed by atoms with E-state index in [9.17, 15) is 4.79 Å². The van der Waals surface area contributed by atoms with E-state index in [1.54, 1.807) is 31.6 Å². The highest BCUT2D eigenvalue weighted by atomic mass is 16.5. The van der Waals surface area contributed by atoms with Gasteiger partial charge in [0.05, 0.1) is 12.7 Å². The summed E-state index contributed by atoms with van der Waals surface area (Å²) < 4.78 is 5.39. The van der Waals surface area contributed by atoms with E-state index in [1.165, 1.54) is 0 Å². The predicted octanol–water partition coefficient (Wildman–Crippen LogP) is 3.25. The first-order chi connectivity index (χ1) is 13.3. The Morgan fingerprint density at radius 1 is 1.33 bits per heavy atom. The largest absolute Gasteiger partial charge is 0.496 e. The van der Waals surface area contributed by atoms with Gasteiger partial charge in [0.15, 0.2) is 0 Å². The summed E-state index contributed by atoms with van der Waals surface area (Å²) in [6, 6.07) is 11.6. The molecule has 1 aromatic heterocycles. The lowest BCUT2D eigenvalue weighted by molar-refractivity contribution is 0.0934. The number of hydrogen-bond acceptors (Lipinski definition) is 4. The third-order valence-corrected chi connectivity index (χ3v) is 4.88. The maximum absolute atomic E-state index is 12.2. The zero-order chi connectivity index (χ0) is 18.9. The van der Waals surface area contributed by atoms with Gasteiger partial charge in [-0.1, -0.05) is 30.4 Å². The number of pyridine rings is 1. The van der Waals surface area contributed by atoms with Crippen molar-refractivity contribution in [2.75, 3.05) is 33.3 Å². The number of nitrogens with zero attached hydrogens (tertiary/aromatic N) is 2. The molecular formula is C22H27N3O2. The lowest BCUT2D eigenvalue weighted by Crippen LogP contribution is -2.41. The lowest BCUT2D eigenvalue weighted by Gasteiger charge is -2.32. The molecule has 142 valence electrons. The van der Waals surface area contributed by atoms with Crippen LogP contribution < -0.4 is 10.1 Å².